The van der Waals surface area contributed by atoms with Crippen LogP contribution in [-0.4, -0.2) is 17.3 Å². The number of hydrogen-bond acceptors (Lipinski definition) is 3. The van der Waals surface area contributed by atoms with Crippen molar-refractivity contribution < 1.29 is 5.11 Å². The van der Waals surface area contributed by atoms with Crippen LogP contribution in [0.3, 0.4) is 0 Å². The summed E-state index contributed by atoms with van der Waals surface area (Å²) in [6.07, 6.45) is -0.566. The molecule has 0 saturated heterocycles. The number of rotatable bonds is 6. The molecule has 3 atom stereocenters. The van der Waals surface area contributed by atoms with Crippen molar-refractivity contribution >= 4 is 0 Å². The zero-order valence-corrected chi connectivity index (χ0v) is 11.7. The topological polar surface area (TPSA) is 58.3 Å². The second-order valence-electron chi connectivity index (χ2n) is 5.07. The summed E-state index contributed by atoms with van der Waals surface area (Å²) in [4.78, 5) is 0. The van der Waals surface area contributed by atoms with Gasteiger partial charge in [0.05, 0.1) is 12.1 Å². The fraction of sp³-hybridized carbons (Fsp3) is 0.294. The molecule has 106 valence electrons. The Kier molecular flexibility index (Phi) is 5.30. The predicted molar refractivity (Wildman–Crippen MR) is 82.1 cm³/mol. The van der Waals surface area contributed by atoms with E-state index in [0.717, 1.165) is 12.1 Å². The zero-order chi connectivity index (χ0) is 14.4. The molecule has 0 aliphatic heterocycles. The lowest BCUT2D eigenvalue weighted by Gasteiger charge is -2.27. The van der Waals surface area contributed by atoms with E-state index in [0.29, 0.717) is 0 Å². The summed E-state index contributed by atoms with van der Waals surface area (Å²) in [6.45, 7) is 2.45. The van der Waals surface area contributed by atoms with Crippen LogP contribution >= 0.6 is 0 Å². The first kappa shape index (κ1) is 14.7. The van der Waals surface area contributed by atoms with Crippen LogP contribution < -0.4 is 11.1 Å². The second-order valence-corrected chi connectivity index (χ2v) is 5.07. The average Bonchev–Trinajstić information content (AvgIpc) is 2.49. The lowest BCUT2D eigenvalue weighted by molar-refractivity contribution is 0.142. The molecule has 0 aromatic heterocycles. The number of benzene rings is 2. The van der Waals surface area contributed by atoms with Crippen molar-refractivity contribution in [2.75, 3.05) is 0 Å². The van der Waals surface area contributed by atoms with Gasteiger partial charge in [-0.1, -0.05) is 60.7 Å². The molecule has 0 amide bonds. The molecular formula is C17H22N2O. The van der Waals surface area contributed by atoms with E-state index in [1.165, 1.54) is 5.56 Å². The van der Waals surface area contributed by atoms with Gasteiger partial charge in [-0.15, -0.1) is 0 Å². The van der Waals surface area contributed by atoms with E-state index in [-0.39, 0.29) is 12.1 Å². The highest BCUT2D eigenvalue weighted by Gasteiger charge is 2.23. The van der Waals surface area contributed by atoms with Crippen LogP contribution in [0.15, 0.2) is 60.7 Å². The monoisotopic (exact) mass is 270 g/mol. The number of hydrogen-bond donors (Lipinski definition) is 3. The molecular weight excluding hydrogens is 248 g/mol. The van der Waals surface area contributed by atoms with E-state index in [9.17, 15) is 5.11 Å². The summed E-state index contributed by atoms with van der Waals surface area (Å²) in [5, 5.41) is 13.2. The van der Waals surface area contributed by atoms with Crippen LogP contribution in [0.4, 0.5) is 0 Å². The largest absolute Gasteiger partial charge is 0.392 e. The van der Waals surface area contributed by atoms with Crippen molar-refractivity contribution in [1.82, 2.24) is 5.32 Å². The van der Waals surface area contributed by atoms with E-state index in [4.69, 9.17) is 5.73 Å². The summed E-state index contributed by atoms with van der Waals surface area (Å²) in [7, 11) is 0. The van der Waals surface area contributed by atoms with Gasteiger partial charge in [0.15, 0.2) is 0 Å². The maximum Gasteiger partial charge on any atom is 0.0681 e. The van der Waals surface area contributed by atoms with Gasteiger partial charge < -0.3 is 16.2 Å². The van der Waals surface area contributed by atoms with Crippen LogP contribution in [-0.2, 0) is 6.54 Å². The lowest BCUT2D eigenvalue weighted by atomic mass is 9.96. The molecule has 0 bridgehead atoms. The molecule has 0 saturated carbocycles. The third-order valence-corrected chi connectivity index (χ3v) is 3.47. The first-order valence-corrected chi connectivity index (χ1v) is 6.94. The van der Waals surface area contributed by atoms with Crippen LogP contribution in [0, 0.1) is 0 Å². The van der Waals surface area contributed by atoms with Gasteiger partial charge in [0.2, 0.25) is 0 Å². The maximum atomic E-state index is 9.78. The van der Waals surface area contributed by atoms with Gasteiger partial charge in [-0.3, -0.25) is 0 Å². The van der Waals surface area contributed by atoms with Gasteiger partial charge >= 0.3 is 0 Å². The highest BCUT2D eigenvalue weighted by Crippen LogP contribution is 2.18. The van der Waals surface area contributed by atoms with Crippen molar-refractivity contribution in [2.24, 2.45) is 5.73 Å². The van der Waals surface area contributed by atoms with Crippen molar-refractivity contribution in [1.29, 1.82) is 0 Å². The number of aliphatic hydroxyl groups is 1. The minimum absolute atomic E-state index is 0.0728. The Hall–Kier alpha value is -1.68. The van der Waals surface area contributed by atoms with Crippen molar-refractivity contribution in [3.8, 4) is 0 Å². The lowest BCUT2D eigenvalue weighted by Crippen LogP contribution is -2.44. The molecule has 0 fully saturated rings. The first-order chi connectivity index (χ1) is 9.68. The molecule has 4 N–H and O–H groups in total. The van der Waals surface area contributed by atoms with Gasteiger partial charge in [0.1, 0.15) is 0 Å². The average molecular weight is 270 g/mol. The first-order valence-electron chi connectivity index (χ1n) is 6.94. The SMILES string of the molecule is C[C@@H](O)[C@@H](N)C(NCc1ccccc1)c1ccccc1. The Bertz CT molecular complexity index is 499. The highest BCUT2D eigenvalue weighted by atomic mass is 16.3. The third-order valence-electron chi connectivity index (χ3n) is 3.47. The molecule has 0 aliphatic rings. The molecule has 0 heterocycles. The van der Waals surface area contributed by atoms with Crippen molar-refractivity contribution in [3.63, 3.8) is 0 Å². The third kappa shape index (κ3) is 3.90. The van der Waals surface area contributed by atoms with Gasteiger partial charge in [-0.25, -0.2) is 0 Å². The standard InChI is InChI=1S/C17H22N2O/c1-13(20)16(18)17(15-10-6-3-7-11-15)19-12-14-8-4-2-5-9-14/h2-11,13,16-17,19-20H,12,18H2,1H3/t13-,16-,17?/m1/s1. The fourth-order valence-electron chi connectivity index (χ4n) is 2.24. The van der Waals surface area contributed by atoms with Crippen LogP contribution in [0.25, 0.3) is 0 Å². The molecule has 2 aromatic carbocycles. The molecule has 2 aromatic rings. The number of nitrogens with two attached hydrogens (primary N) is 1. The normalized spacial score (nSPS) is 15.6. The number of nitrogens with one attached hydrogen (secondary N) is 1. The molecule has 2 rings (SSSR count). The summed E-state index contributed by atoms with van der Waals surface area (Å²) in [6, 6.07) is 19.8. The Morgan fingerprint density at radius 1 is 1.00 bits per heavy atom. The van der Waals surface area contributed by atoms with E-state index >= 15 is 0 Å². The molecule has 1 unspecified atom stereocenters. The van der Waals surface area contributed by atoms with E-state index in [1.807, 2.05) is 48.5 Å². The van der Waals surface area contributed by atoms with Crippen molar-refractivity contribution in [2.45, 2.75) is 31.7 Å². The maximum absolute atomic E-state index is 9.78. The minimum atomic E-state index is -0.566. The van der Waals surface area contributed by atoms with Gasteiger partial charge in [0.25, 0.3) is 0 Å². The van der Waals surface area contributed by atoms with Gasteiger partial charge in [-0.05, 0) is 18.1 Å². The Morgan fingerprint density at radius 3 is 2.10 bits per heavy atom. The summed E-state index contributed by atoms with van der Waals surface area (Å²) in [5.41, 5.74) is 8.44. The van der Waals surface area contributed by atoms with Crippen molar-refractivity contribution in [3.05, 3.63) is 71.8 Å². The quantitative estimate of drug-likeness (QED) is 0.754. The molecule has 0 radical (unpaired) electrons. The fourth-order valence-corrected chi connectivity index (χ4v) is 2.24. The van der Waals surface area contributed by atoms with E-state index in [2.05, 4.69) is 17.4 Å². The Balaban J connectivity index is 2.11. The summed E-state index contributed by atoms with van der Waals surface area (Å²) in [5.74, 6) is 0. The van der Waals surface area contributed by atoms with Crippen LogP contribution in [0.2, 0.25) is 0 Å². The number of aliphatic hydroxyl groups excluding tert-OH is 1. The molecule has 0 aliphatic carbocycles. The molecule has 3 nitrogen and oxygen atoms in total. The molecule has 20 heavy (non-hydrogen) atoms. The summed E-state index contributed by atoms with van der Waals surface area (Å²) >= 11 is 0. The summed E-state index contributed by atoms with van der Waals surface area (Å²) < 4.78 is 0. The van der Waals surface area contributed by atoms with Gasteiger partial charge in [0, 0.05) is 12.6 Å². The predicted octanol–water partition coefficient (Wildman–Crippen LogP) is 2.23. The van der Waals surface area contributed by atoms with E-state index in [1.54, 1.807) is 6.92 Å². The van der Waals surface area contributed by atoms with E-state index < -0.39 is 6.10 Å². The smallest absolute Gasteiger partial charge is 0.0681 e. The molecule has 3 heteroatoms. The highest BCUT2D eigenvalue weighted by molar-refractivity contribution is 5.22. The Morgan fingerprint density at radius 2 is 1.55 bits per heavy atom. The second kappa shape index (κ2) is 7.20. The minimum Gasteiger partial charge on any atom is -0.392 e. The molecule has 0 spiro atoms. The van der Waals surface area contributed by atoms with Gasteiger partial charge in [-0.2, -0.15) is 0 Å². The Labute approximate surface area is 120 Å². The van der Waals surface area contributed by atoms with Crippen LogP contribution in [0.1, 0.15) is 24.1 Å². The zero-order valence-electron chi connectivity index (χ0n) is 11.7. The van der Waals surface area contributed by atoms with Crippen LogP contribution in [0.5, 0.6) is 0 Å².